The Kier molecular flexibility index (Phi) is 9.72. The molecule has 37 heavy (non-hydrogen) atoms. The Bertz CT molecular complexity index is 865. The molecule has 0 saturated carbocycles. The number of aliphatic hydroxyl groups excluding tert-OH is 1. The molecule has 2 amide bonds. The van der Waals surface area contributed by atoms with Crippen LogP contribution >= 0.6 is 11.8 Å². The van der Waals surface area contributed by atoms with E-state index in [1.54, 1.807) is 22.7 Å². The van der Waals surface area contributed by atoms with Crippen LogP contribution in [0.25, 0.3) is 0 Å². The highest BCUT2D eigenvalue weighted by Crippen LogP contribution is 2.66. The van der Waals surface area contributed by atoms with Gasteiger partial charge >= 0.3 is 5.97 Å². The fraction of sp³-hybridized carbons (Fsp3) is 0.741. The number of hydrogen-bond donors (Lipinski definition) is 1. The number of thioether (sulfide) groups is 1. The summed E-state index contributed by atoms with van der Waals surface area (Å²) in [4.78, 5) is 47.2. The van der Waals surface area contributed by atoms with Gasteiger partial charge in [-0.2, -0.15) is 0 Å². The average molecular weight is 536 g/mol. The molecular formula is C27H41N3O6S. The molecule has 0 aromatic heterocycles. The van der Waals surface area contributed by atoms with Crippen LogP contribution < -0.4 is 0 Å². The summed E-state index contributed by atoms with van der Waals surface area (Å²) in [6.07, 6.45) is 6.93. The molecule has 4 rings (SSSR count). The van der Waals surface area contributed by atoms with Crippen molar-refractivity contribution in [1.29, 1.82) is 0 Å². The number of rotatable bonds is 14. The Morgan fingerprint density at radius 3 is 2.68 bits per heavy atom. The fourth-order valence-electron chi connectivity index (χ4n) is 6.46. The first-order chi connectivity index (χ1) is 18.0. The molecule has 9 nitrogen and oxygen atoms in total. The second kappa shape index (κ2) is 12.8. The molecule has 0 radical (unpaired) electrons. The Morgan fingerprint density at radius 1 is 1.19 bits per heavy atom. The number of nitrogens with zero attached hydrogens (tertiary/aromatic N) is 3. The first-order valence-electron chi connectivity index (χ1n) is 13.5. The summed E-state index contributed by atoms with van der Waals surface area (Å²) < 4.78 is 10.3. The summed E-state index contributed by atoms with van der Waals surface area (Å²) >= 11 is 1.66. The second-order valence-electron chi connectivity index (χ2n) is 10.3. The lowest BCUT2D eigenvalue weighted by Crippen LogP contribution is -2.56. The largest absolute Gasteiger partial charge is 0.461 e. The van der Waals surface area contributed by atoms with Gasteiger partial charge in [-0.1, -0.05) is 18.7 Å². The van der Waals surface area contributed by atoms with Crippen LogP contribution in [0.15, 0.2) is 25.3 Å². The van der Waals surface area contributed by atoms with Crippen LogP contribution in [-0.4, -0.2) is 119 Å². The van der Waals surface area contributed by atoms with E-state index in [9.17, 15) is 19.5 Å². The Morgan fingerprint density at radius 2 is 1.97 bits per heavy atom. The number of amides is 2. The normalized spacial score (nSPS) is 30.8. The number of fused-ring (bicyclic) bond motifs is 1. The minimum atomic E-state index is -0.619. The predicted octanol–water partition coefficient (Wildman–Crippen LogP) is 1.32. The summed E-state index contributed by atoms with van der Waals surface area (Å²) in [5.41, 5.74) is 0. The SMILES string of the molecule is C=CCOC(=O)[C@@H]1[C@H]2C(=O)N(CCCCCO)C(C(=O)N(CC=C)CCN3CCOCC3)C23CC[C@H]1S3. The van der Waals surface area contributed by atoms with Gasteiger partial charge in [0.1, 0.15) is 12.6 Å². The molecule has 206 valence electrons. The summed E-state index contributed by atoms with van der Waals surface area (Å²) in [5, 5.41) is 9.19. The minimum absolute atomic E-state index is 0.0145. The van der Waals surface area contributed by atoms with Crippen molar-refractivity contribution < 1.29 is 29.0 Å². The van der Waals surface area contributed by atoms with Gasteiger partial charge in [0.05, 0.1) is 29.8 Å². The number of carbonyl (C=O) groups excluding carboxylic acids is 3. The maximum absolute atomic E-state index is 14.3. The molecule has 4 aliphatic heterocycles. The van der Waals surface area contributed by atoms with Crippen molar-refractivity contribution in [1.82, 2.24) is 14.7 Å². The standard InChI is InChI=1S/C27H41N3O6S/c1-3-10-29(13-12-28-14-18-35-19-15-28)25(33)23-27-9-8-20(37-27)21(26(34)36-17-4-2)22(27)24(32)30(23)11-6-5-7-16-31/h3-4,20-23,31H,1-2,5-19H2/t20-,21+,22+,23?,27?/m1/s1. The van der Waals surface area contributed by atoms with Crippen LogP contribution in [0.2, 0.25) is 0 Å². The van der Waals surface area contributed by atoms with E-state index in [-0.39, 0.29) is 36.2 Å². The topological polar surface area (TPSA) is 99.6 Å². The van der Waals surface area contributed by atoms with Crippen molar-refractivity contribution in [2.75, 3.05) is 65.7 Å². The third-order valence-electron chi connectivity index (χ3n) is 8.16. The van der Waals surface area contributed by atoms with E-state index in [0.717, 1.165) is 38.9 Å². The van der Waals surface area contributed by atoms with Gasteiger partial charge in [0, 0.05) is 51.1 Å². The molecule has 4 saturated heterocycles. The molecular weight excluding hydrogens is 494 g/mol. The third-order valence-corrected chi connectivity index (χ3v) is 10.1. The van der Waals surface area contributed by atoms with Crippen molar-refractivity contribution in [3.05, 3.63) is 25.3 Å². The molecule has 10 heteroatoms. The first kappa shape index (κ1) is 28.1. The Balaban J connectivity index is 1.59. The van der Waals surface area contributed by atoms with Gasteiger partial charge in [0.2, 0.25) is 11.8 Å². The lowest BCUT2D eigenvalue weighted by Gasteiger charge is -2.38. The quantitative estimate of drug-likeness (QED) is 0.202. The number of aliphatic hydroxyl groups is 1. The van der Waals surface area contributed by atoms with Crippen LogP contribution in [0.1, 0.15) is 32.1 Å². The van der Waals surface area contributed by atoms with E-state index in [1.807, 2.05) is 4.90 Å². The van der Waals surface area contributed by atoms with Crippen molar-refractivity contribution in [3.63, 3.8) is 0 Å². The fourth-order valence-corrected chi connectivity index (χ4v) is 8.66. The predicted molar refractivity (Wildman–Crippen MR) is 142 cm³/mol. The van der Waals surface area contributed by atoms with E-state index < -0.39 is 22.6 Å². The van der Waals surface area contributed by atoms with Gasteiger partial charge in [0.15, 0.2) is 0 Å². The van der Waals surface area contributed by atoms with E-state index in [0.29, 0.717) is 45.7 Å². The highest BCUT2D eigenvalue weighted by Gasteiger charge is 2.74. The van der Waals surface area contributed by atoms with Crippen molar-refractivity contribution in [2.24, 2.45) is 11.8 Å². The summed E-state index contributed by atoms with van der Waals surface area (Å²) in [6.45, 7) is 12.9. The van der Waals surface area contributed by atoms with E-state index >= 15 is 0 Å². The van der Waals surface area contributed by atoms with Crippen molar-refractivity contribution >= 4 is 29.5 Å². The first-order valence-corrected chi connectivity index (χ1v) is 14.4. The van der Waals surface area contributed by atoms with Crippen LogP contribution in [0.5, 0.6) is 0 Å². The Labute approximate surface area is 224 Å². The zero-order valence-corrected chi connectivity index (χ0v) is 22.5. The van der Waals surface area contributed by atoms with Crippen LogP contribution in [0.4, 0.5) is 0 Å². The molecule has 2 bridgehead atoms. The maximum atomic E-state index is 14.3. The molecule has 1 spiro atoms. The zero-order valence-electron chi connectivity index (χ0n) is 21.7. The van der Waals surface area contributed by atoms with Gasteiger partial charge in [-0.25, -0.2) is 0 Å². The number of morpholine rings is 1. The van der Waals surface area contributed by atoms with Gasteiger partial charge in [-0.3, -0.25) is 19.3 Å². The molecule has 0 aliphatic carbocycles. The minimum Gasteiger partial charge on any atom is -0.461 e. The highest BCUT2D eigenvalue weighted by atomic mass is 32.2. The zero-order chi connectivity index (χ0) is 26.4. The summed E-state index contributed by atoms with van der Waals surface area (Å²) in [5.74, 6) is -1.61. The van der Waals surface area contributed by atoms with E-state index in [2.05, 4.69) is 18.1 Å². The molecule has 4 fully saturated rings. The number of unbranched alkanes of at least 4 members (excludes halogenated alkanes) is 2. The summed E-state index contributed by atoms with van der Waals surface area (Å²) in [7, 11) is 0. The number of ether oxygens (including phenoxy) is 2. The molecule has 4 aliphatic rings. The van der Waals surface area contributed by atoms with Gasteiger partial charge < -0.3 is 24.4 Å². The average Bonchev–Trinajstić information content (AvgIpc) is 3.55. The lowest BCUT2D eigenvalue weighted by molar-refractivity contribution is -0.153. The number of likely N-dealkylation sites (tertiary alicyclic amines) is 1. The molecule has 2 unspecified atom stereocenters. The van der Waals surface area contributed by atoms with Gasteiger partial charge in [0.25, 0.3) is 0 Å². The van der Waals surface area contributed by atoms with Crippen LogP contribution in [-0.2, 0) is 23.9 Å². The van der Waals surface area contributed by atoms with Crippen molar-refractivity contribution in [2.45, 2.75) is 48.1 Å². The second-order valence-corrected chi connectivity index (χ2v) is 11.9. The van der Waals surface area contributed by atoms with Crippen LogP contribution in [0, 0.1) is 11.8 Å². The molecule has 0 aromatic rings. The number of carbonyl (C=O) groups is 3. The number of esters is 1. The molecule has 5 atom stereocenters. The van der Waals surface area contributed by atoms with Gasteiger partial charge in [-0.05, 0) is 32.1 Å². The van der Waals surface area contributed by atoms with Crippen LogP contribution in [0.3, 0.4) is 0 Å². The van der Waals surface area contributed by atoms with E-state index in [1.165, 1.54) is 6.08 Å². The van der Waals surface area contributed by atoms with Gasteiger partial charge in [-0.15, -0.1) is 18.3 Å². The Hall–Kier alpha value is -1.88. The third kappa shape index (κ3) is 5.62. The van der Waals surface area contributed by atoms with Crippen molar-refractivity contribution in [3.8, 4) is 0 Å². The molecule has 1 N–H and O–H groups in total. The maximum Gasteiger partial charge on any atom is 0.311 e. The monoisotopic (exact) mass is 535 g/mol. The summed E-state index contributed by atoms with van der Waals surface area (Å²) in [6, 6.07) is -0.615. The smallest absolute Gasteiger partial charge is 0.311 e. The number of hydrogen-bond acceptors (Lipinski definition) is 8. The molecule has 4 heterocycles. The highest BCUT2D eigenvalue weighted by molar-refractivity contribution is 8.02. The lowest BCUT2D eigenvalue weighted by atomic mass is 9.71. The molecule has 0 aromatic carbocycles. The van der Waals surface area contributed by atoms with E-state index in [4.69, 9.17) is 9.47 Å².